The molecule has 3 nitrogen and oxygen atoms in total. The van der Waals surface area contributed by atoms with Crippen LogP contribution < -0.4 is 5.32 Å². The third-order valence-electron chi connectivity index (χ3n) is 5.83. The molecule has 3 fully saturated rings. The Morgan fingerprint density at radius 1 is 1.16 bits per heavy atom. The molecule has 0 radical (unpaired) electrons. The first kappa shape index (κ1) is 13.8. The van der Waals surface area contributed by atoms with Gasteiger partial charge in [-0.3, -0.25) is 0 Å². The van der Waals surface area contributed by atoms with Crippen LogP contribution in [0.3, 0.4) is 0 Å². The summed E-state index contributed by atoms with van der Waals surface area (Å²) in [5.74, 6) is 0. The van der Waals surface area contributed by atoms with E-state index in [9.17, 15) is 5.11 Å². The summed E-state index contributed by atoms with van der Waals surface area (Å²) < 4.78 is 5.96. The third-order valence-corrected chi connectivity index (χ3v) is 5.83. The highest BCUT2D eigenvalue weighted by Gasteiger charge is 2.57. The maximum Gasteiger partial charge on any atom is 0.0693 e. The van der Waals surface area contributed by atoms with E-state index in [0.29, 0.717) is 23.6 Å². The molecule has 2 N–H and O–H groups in total. The Kier molecular flexibility index (Phi) is 4.16. The summed E-state index contributed by atoms with van der Waals surface area (Å²) in [4.78, 5) is 0. The minimum absolute atomic E-state index is 0.127. The van der Waals surface area contributed by atoms with E-state index in [1.165, 1.54) is 38.5 Å². The largest absolute Gasteiger partial charge is 0.392 e. The van der Waals surface area contributed by atoms with Gasteiger partial charge < -0.3 is 15.2 Å². The smallest absolute Gasteiger partial charge is 0.0693 e. The topological polar surface area (TPSA) is 41.5 Å². The fraction of sp³-hybridized carbons (Fsp3) is 1.00. The summed E-state index contributed by atoms with van der Waals surface area (Å²) in [6.45, 7) is 2.94. The van der Waals surface area contributed by atoms with Crippen LogP contribution >= 0.6 is 0 Å². The minimum atomic E-state index is -0.127. The summed E-state index contributed by atoms with van der Waals surface area (Å²) in [6, 6.07) is 0.920. The number of rotatable bonds is 4. The highest BCUT2D eigenvalue weighted by Crippen LogP contribution is 2.55. The number of nitrogens with one attached hydrogen (secondary N) is 1. The molecule has 19 heavy (non-hydrogen) atoms. The molecule has 1 spiro atoms. The van der Waals surface area contributed by atoms with Crippen LogP contribution in [0.25, 0.3) is 0 Å². The van der Waals surface area contributed by atoms with E-state index in [-0.39, 0.29) is 6.10 Å². The standard InChI is InChI=1S/C16H29NO2/c1-2-19-15-11-14(16(15)9-5-6-10-16)17-12-7-3-4-8-13(12)18/h12-15,17-18H,2-11H2,1H3. The van der Waals surface area contributed by atoms with Crippen LogP contribution in [0.5, 0.6) is 0 Å². The predicted octanol–water partition coefficient (Wildman–Crippen LogP) is 2.62. The molecule has 0 aromatic heterocycles. The number of ether oxygens (including phenoxy) is 1. The highest BCUT2D eigenvalue weighted by atomic mass is 16.5. The van der Waals surface area contributed by atoms with Gasteiger partial charge in [-0.15, -0.1) is 0 Å². The van der Waals surface area contributed by atoms with Gasteiger partial charge >= 0.3 is 0 Å². The number of aliphatic hydroxyl groups is 1. The normalized spacial score (nSPS) is 41.4. The SMILES string of the molecule is CCOC1CC(NC2CCCCC2O)C12CCCC2. The Morgan fingerprint density at radius 3 is 2.58 bits per heavy atom. The lowest BCUT2D eigenvalue weighted by atomic mass is 9.60. The lowest BCUT2D eigenvalue weighted by Crippen LogP contribution is -2.65. The molecule has 3 saturated carbocycles. The molecule has 0 aromatic rings. The second-order valence-corrected chi connectivity index (χ2v) is 6.80. The molecule has 3 heteroatoms. The van der Waals surface area contributed by atoms with Crippen LogP contribution in [0.2, 0.25) is 0 Å². The van der Waals surface area contributed by atoms with Crippen molar-refractivity contribution in [2.75, 3.05) is 6.61 Å². The molecule has 4 atom stereocenters. The van der Waals surface area contributed by atoms with Gasteiger partial charge in [0.15, 0.2) is 0 Å². The molecule has 0 saturated heterocycles. The fourth-order valence-corrected chi connectivity index (χ4v) is 4.68. The molecule has 0 amide bonds. The zero-order chi connectivity index (χ0) is 13.3. The Bertz CT molecular complexity index is 301. The average Bonchev–Trinajstić information content (AvgIpc) is 2.92. The number of aliphatic hydroxyl groups excluding tert-OH is 1. The van der Waals surface area contributed by atoms with Gasteiger partial charge in [0.2, 0.25) is 0 Å². The van der Waals surface area contributed by atoms with Crippen LogP contribution in [-0.4, -0.2) is 36.0 Å². The van der Waals surface area contributed by atoms with Crippen molar-refractivity contribution in [2.45, 2.75) is 89.0 Å². The van der Waals surface area contributed by atoms with Gasteiger partial charge in [0.1, 0.15) is 0 Å². The summed E-state index contributed by atoms with van der Waals surface area (Å²) in [7, 11) is 0. The molecule has 3 aliphatic carbocycles. The molecular weight excluding hydrogens is 238 g/mol. The van der Waals surface area contributed by atoms with Crippen LogP contribution in [0.1, 0.15) is 64.7 Å². The Labute approximate surface area is 117 Å². The second kappa shape index (κ2) is 5.71. The van der Waals surface area contributed by atoms with E-state index in [4.69, 9.17) is 4.74 Å². The molecule has 110 valence electrons. The first-order chi connectivity index (χ1) is 9.26. The highest BCUT2D eigenvalue weighted by molar-refractivity contribution is 5.11. The van der Waals surface area contributed by atoms with Crippen LogP contribution in [-0.2, 0) is 4.74 Å². The van der Waals surface area contributed by atoms with Gasteiger partial charge in [-0.25, -0.2) is 0 Å². The predicted molar refractivity (Wildman–Crippen MR) is 76.1 cm³/mol. The van der Waals surface area contributed by atoms with Crippen molar-refractivity contribution in [1.82, 2.24) is 5.32 Å². The monoisotopic (exact) mass is 267 g/mol. The van der Waals surface area contributed by atoms with E-state index in [2.05, 4.69) is 12.2 Å². The van der Waals surface area contributed by atoms with E-state index in [1.54, 1.807) is 0 Å². The van der Waals surface area contributed by atoms with Gasteiger partial charge in [0, 0.05) is 24.1 Å². The number of hydrogen-bond donors (Lipinski definition) is 2. The van der Waals surface area contributed by atoms with Crippen LogP contribution in [0.15, 0.2) is 0 Å². The van der Waals surface area contributed by atoms with Gasteiger partial charge in [0.25, 0.3) is 0 Å². The van der Waals surface area contributed by atoms with Crippen molar-refractivity contribution in [3.63, 3.8) is 0 Å². The number of hydrogen-bond acceptors (Lipinski definition) is 3. The van der Waals surface area contributed by atoms with Crippen molar-refractivity contribution in [2.24, 2.45) is 5.41 Å². The molecular formula is C16H29NO2. The van der Waals surface area contributed by atoms with Crippen LogP contribution in [0, 0.1) is 5.41 Å². The van der Waals surface area contributed by atoms with Crippen molar-refractivity contribution in [1.29, 1.82) is 0 Å². The van der Waals surface area contributed by atoms with E-state index >= 15 is 0 Å². The minimum Gasteiger partial charge on any atom is -0.392 e. The third kappa shape index (κ3) is 2.45. The maximum atomic E-state index is 10.1. The molecule has 4 unspecified atom stereocenters. The first-order valence-electron chi connectivity index (χ1n) is 8.32. The molecule has 0 heterocycles. The average molecular weight is 267 g/mol. The van der Waals surface area contributed by atoms with Crippen molar-refractivity contribution in [3.8, 4) is 0 Å². The quantitative estimate of drug-likeness (QED) is 0.822. The summed E-state index contributed by atoms with van der Waals surface area (Å²) in [6.07, 6.45) is 11.4. The van der Waals surface area contributed by atoms with E-state index in [0.717, 1.165) is 25.9 Å². The van der Waals surface area contributed by atoms with E-state index < -0.39 is 0 Å². The van der Waals surface area contributed by atoms with Gasteiger partial charge in [0.05, 0.1) is 12.2 Å². The molecule has 0 aromatic carbocycles. The van der Waals surface area contributed by atoms with Crippen LogP contribution in [0.4, 0.5) is 0 Å². The van der Waals surface area contributed by atoms with E-state index in [1.807, 2.05) is 0 Å². The lowest BCUT2D eigenvalue weighted by molar-refractivity contribution is -0.136. The molecule has 3 rings (SSSR count). The molecule has 0 aliphatic heterocycles. The Hall–Kier alpha value is -0.120. The second-order valence-electron chi connectivity index (χ2n) is 6.80. The van der Waals surface area contributed by atoms with Gasteiger partial charge in [-0.1, -0.05) is 25.7 Å². The van der Waals surface area contributed by atoms with Crippen molar-refractivity contribution in [3.05, 3.63) is 0 Å². The summed E-state index contributed by atoms with van der Waals surface area (Å²) >= 11 is 0. The summed E-state index contributed by atoms with van der Waals surface area (Å²) in [5, 5.41) is 13.9. The van der Waals surface area contributed by atoms with Gasteiger partial charge in [-0.2, -0.15) is 0 Å². The Morgan fingerprint density at radius 2 is 1.89 bits per heavy atom. The maximum absolute atomic E-state index is 10.1. The lowest BCUT2D eigenvalue weighted by Gasteiger charge is -2.55. The first-order valence-corrected chi connectivity index (χ1v) is 8.32. The van der Waals surface area contributed by atoms with Crippen molar-refractivity contribution >= 4 is 0 Å². The Balaban J connectivity index is 1.61. The van der Waals surface area contributed by atoms with Gasteiger partial charge in [-0.05, 0) is 39.0 Å². The zero-order valence-electron chi connectivity index (χ0n) is 12.2. The molecule has 0 bridgehead atoms. The summed E-state index contributed by atoms with van der Waals surface area (Å²) in [5.41, 5.74) is 0.396. The van der Waals surface area contributed by atoms with Crippen molar-refractivity contribution < 1.29 is 9.84 Å². The zero-order valence-corrected chi connectivity index (χ0v) is 12.2. The molecule has 3 aliphatic rings. The fourth-order valence-electron chi connectivity index (χ4n) is 4.68.